The summed E-state index contributed by atoms with van der Waals surface area (Å²) in [6.45, 7) is 10.1. The zero-order valence-electron chi connectivity index (χ0n) is 19.6. The zero-order valence-corrected chi connectivity index (χ0v) is 20.4. The Kier molecular flexibility index (Phi) is 23.4. The van der Waals surface area contributed by atoms with Crippen molar-refractivity contribution in [1.29, 1.82) is 0 Å². The summed E-state index contributed by atoms with van der Waals surface area (Å²) in [6, 6.07) is 8.98. The lowest BCUT2D eigenvalue weighted by Crippen LogP contribution is -2.20. The van der Waals surface area contributed by atoms with Crippen molar-refractivity contribution in [3.05, 3.63) is 35.4 Å². The van der Waals surface area contributed by atoms with Crippen LogP contribution in [0, 0.1) is 0 Å². The van der Waals surface area contributed by atoms with E-state index in [-0.39, 0.29) is 12.4 Å². The van der Waals surface area contributed by atoms with E-state index in [0.717, 1.165) is 78.3 Å². The Morgan fingerprint density at radius 3 is 1.06 bits per heavy atom. The molecule has 0 saturated heterocycles. The van der Waals surface area contributed by atoms with Gasteiger partial charge in [-0.25, -0.2) is 0 Å². The van der Waals surface area contributed by atoms with Gasteiger partial charge in [0, 0.05) is 13.1 Å². The monoisotopic (exact) mass is 456 g/mol. The summed E-state index contributed by atoms with van der Waals surface area (Å²) in [4.78, 5) is 0. The molecule has 31 heavy (non-hydrogen) atoms. The van der Waals surface area contributed by atoms with Crippen LogP contribution in [0.1, 0.15) is 62.5 Å². The van der Waals surface area contributed by atoms with Crippen molar-refractivity contribution in [2.24, 2.45) is 11.5 Å². The fraction of sp³-hybridized carbons (Fsp3) is 0.750. The van der Waals surface area contributed by atoms with Gasteiger partial charge in [0.1, 0.15) is 0 Å². The van der Waals surface area contributed by atoms with E-state index in [4.69, 9.17) is 11.5 Å². The largest absolute Gasteiger partial charge is 0.330 e. The summed E-state index contributed by atoms with van der Waals surface area (Å²) in [6.07, 6.45) is 9.51. The average Bonchev–Trinajstić information content (AvgIpc) is 2.77. The first kappa shape index (κ1) is 30.3. The van der Waals surface area contributed by atoms with Crippen molar-refractivity contribution < 1.29 is 0 Å². The average molecular weight is 457 g/mol. The molecule has 0 unspecified atom stereocenters. The molecule has 0 heterocycles. The highest BCUT2D eigenvalue weighted by Crippen LogP contribution is 2.04. The summed E-state index contributed by atoms with van der Waals surface area (Å²) in [5.41, 5.74) is 13.7. The Bertz CT molecular complexity index is 429. The first-order valence-corrected chi connectivity index (χ1v) is 12.2. The molecule has 0 radical (unpaired) electrons. The summed E-state index contributed by atoms with van der Waals surface area (Å²) in [5.74, 6) is 0. The fourth-order valence-electron chi connectivity index (χ4n) is 3.28. The lowest BCUT2D eigenvalue weighted by molar-refractivity contribution is 0.566. The molecule has 182 valence electrons. The Morgan fingerprint density at radius 2 is 0.742 bits per heavy atom. The Morgan fingerprint density at radius 1 is 0.452 bits per heavy atom. The minimum atomic E-state index is 0. The van der Waals surface area contributed by atoms with Gasteiger partial charge in [-0.3, -0.25) is 0 Å². The lowest BCUT2D eigenvalue weighted by atomic mass is 10.1. The van der Waals surface area contributed by atoms with Crippen molar-refractivity contribution in [3.8, 4) is 0 Å². The number of halogens is 1. The first-order valence-electron chi connectivity index (χ1n) is 12.2. The molecule has 6 nitrogen and oxygen atoms in total. The van der Waals surface area contributed by atoms with E-state index >= 15 is 0 Å². The first-order chi connectivity index (χ1) is 14.9. The van der Waals surface area contributed by atoms with Crippen LogP contribution < -0.4 is 32.7 Å². The maximum absolute atomic E-state index is 5.49. The molecule has 0 aliphatic carbocycles. The van der Waals surface area contributed by atoms with E-state index in [1.807, 2.05) is 0 Å². The number of unbranched alkanes of at least 4 members (excludes halogenated alkanes) is 4. The molecular formula is C24H49ClN6. The van der Waals surface area contributed by atoms with Crippen molar-refractivity contribution >= 4 is 12.4 Å². The smallest absolute Gasteiger partial charge is 0.0205 e. The van der Waals surface area contributed by atoms with Gasteiger partial charge in [0.25, 0.3) is 0 Å². The normalized spacial score (nSPS) is 10.9. The van der Waals surface area contributed by atoms with Gasteiger partial charge in [0.2, 0.25) is 0 Å². The molecule has 0 fully saturated rings. The number of rotatable bonds is 22. The zero-order chi connectivity index (χ0) is 21.5. The minimum Gasteiger partial charge on any atom is -0.330 e. The number of nitrogens with one attached hydrogen (secondary N) is 4. The molecule has 0 spiro atoms. The van der Waals surface area contributed by atoms with Crippen LogP contribution in [-0.4, -0.2) is 52.4 Å². The van der Waals surface area contributed by atoms with Crippen molar-refractivity contribution in [3.63, 3.8) is 0 Å². The molecular weight excluding hydrogens is 408 g/mol. The molecule has 1 rings (SSSR count). The van der Waals surface area contributed by atoms with Gasteiger partial charge in [0.05, 0.1) is 0 Å². The van der Waals surface area contributed by atoms with Gasteiger partial charge in [-0.15, -0.1) is 12.4 Å². The minimum absolute atomic E-state index is 0. The molecule has 0 amide bonds. The summed E-state index contributed by atoms with van der Waals surface area (Å²) < 4.78 is 0. The topological polar surface area (TPSA) is 100 Å². The van der Waals surface area contributed by atoms with Crippen LogP contribution in [0.2, 0.25) is 0 Å². The van der Waals surface area contributed by atoms with Crippen LogP contribution in [0.4, 0.5) is 0 Å². The Balaban J connectivity index is 0.00000900. The molecule has 0 aliphatic rings. The fourth-order valence-corrected chi connectivity index (χ4v) is 3.28. The second-order valence-corrected chi connectivity index (χ2v) is 8.08. The van der Waals surface area contributed by atoms with E-state index in [9.17, 15) is 0 Å². The van der Waals surface area contributed by atoms with E-state index in [1.54, 1.807) is 0 Å². The molecule has 0 atom stereocenters. The summed E-state index contributed by atoms with van der Waals surface area (Å²) >= 11 is 0. The van der Waals surface area contributed by atoms with Crippen LogP contribution in [0.25, 0.3) is 0 Å². The molecule has 8 N–H and O–H groups in total. The number of hydrogen-bond donors (Lipinski definition) is 6. The number of nitrogens with two attached hydrogens (primary N) is 2. The molecule has 0 aromatic heterocycles. The highest BCUT2D eigenvalue weighted by Gasteiger charge is 1.97. The second kappa shape index (κ2) is 23.9. The van der Waals surface area contributed by atoms with Crippen LogP contribution >= 0.6 is 12.4 Å². The maximum atomic E-state index is 5.49. The van der Waals surface area contributed by atoms with E-state index in [0.29, 0.717) is 0 Å². The second-order valence-electron chi connectivity index (χ2n) is 8.08. The predicted molar refractivity (Wildman–Crippen MR) is 138 cm³/mol. The van der Waals surface area contributed by atoms with Gasteiger partial charge in [-0.1, -0.05) is 24.3 Å². The molecule has 7 heteroatoms. The summed E-state index contributed by atoms with van der Waals surface area (Å²) in [7, 11) is 0. The van der Waals surface area contributed by atoms with Crippen molar-refractivity contribution in [2.45, 2.75) is 64.5 Å². The maximum Gasteiger partial charge on any atom is 0.0205 e. The quantitative estimate of drug-likeness (QED) is 0.150. The highest BCUT2D eigenvalue weighted by molar-refractivity contribution is 5.85. The number of benzene rings is 1. The van der Waals surface area contributed by atoms with Crippen LogP contribution in [0.3, 0.4) is 0 Å². The van der Waals surface area contributed by atoms with E-state index in [1.165, 1.54) is 49.7 Å². The molecule has 0 saturated carbocycles. The standard InChI is InChI=1S/C24H48N6.ClH/c25-13-1-3-15-27-17-5-7-19-29-21-23-9-11-24(12-10-23)22-30-20-8-6-18-28-16-4-2-14-26;/h9-12,27-30H,1-8,13-22,25-26H2;1H. The van der Waals surface area contributed by atoms with Crippen LogP contribution in [0.5, 0.6) is 0 Å². The lowest BCUT2D eigenvalue weighted by Gasteiger charge is -2.08. The van der Waals surface area contributed by atoms with E-state index in [2.05, 4.69) is 45.5 Å². The SMILES string of the molecule is Cl.NCCCCNCCCCNCc1ccc(CNCCCCNCCCCN)cc1. The van der Waals surface area contributed by atoms with Crippen LogP contribution in [0.15, 0.2) is 24.3 Å². The molecule has 1 aromatic rings. The molecule has 0 bridgehead atoms. The van der Waals surface area contributed by atoms with Gasteiger partial charge in [-0.2, -0.15) is 0 Å². The third kappa shape index (κ3) is 19.7. The third-order valence-corrected chi connectivity index (χ3v) is 5.21. The predicted octanol–water partition coefficient (Wildman–Crippen LogP) is 2.51. The van der Waals surface area contributed by atoms with Crippen molar-refractivity contribution in [2.75, 3.05) is 52.4 Å². The third-order valence-electron chi connectivity index (χ3n) is 5.21. The van der Waals surface area contributed by atoms with Gasteiger partial charge in [0.15, 0.2) is 0 Å². The van der Waals surface area contributed by atoms with Gasteiger partial charge >= 0.3 is 0 Å². The number of hydrogen-bond acceptors (Lipinski definition) is 6. The van der Waals surface area contributed by atoms with Gasteiger partial charge < -0.3 is 32.7 Å². The summed E-state index contributed by atoms with van der Waals surface area (Å²) in [5, 5.41) is 14.1. The Hall–Kier alpha value is -0.730. The Labute approximate surface area is 197 Å². The van der Waals surface area contributed by atoms with E-state index < -0.39 is 0 Å². The van der Waals surface area contributed by atoms with Crippen molar-refractivity contribution in [1.82, 2.24) is 21.3 Å². The molecule has 0 aliphatic heterocycles. The van der Waals surface area contributed by atoms with Gasteiger partial charge in [-0.05, 0) is 115 Å². The molecule has 1 aromatic carbocycles. The highest BCUT2D eigenvalue weighted by atomic mass is 35.5. The van der Waals surface area contributed by atoms with Crippen LogP contribution in [-0.2, 0) is 13.1 Å².